The molecule has 0 aromatic heterocycles. The van der Waals surface area contributed by atoms with Crippen LogP contribution in [0.25, 0.3) is 0 Å². The Bertz CT molecular complexity index is 237. The van der Waals surface area contributed by atoms with Gasteiger partial charge in [0, 0.05) is 13.2 Å². The number of nitriles is 1. The number of ether oxygens (including phenoxy) is 1. The van der Waals surface area contributed by atoms with Gasteiger partial charge in [0.1, 0.15) is 5.54 Å². The van der Waals surface area contributed by atoms with Gasteiger partial charge in [0.2, 0.25) is 0 Å². The second kappa shape index (κ2) is 6.88. The van der Waals surface area contributed by atoms with Gasteiger partial charge in [0.25, 0.3) is 0 Å². The second-order valence-corrected chi connectivity index (χ2v) is 4.58. The van der Waals surface area contributed by atoms with Gasteiger partial charge >= 0.3 is 0 Å². The zero-order valence-electron chi connectivity index (χ0n) is 10.6. The minimum absolute atomic E-state index is 0.271. The van der Waals surface area contributed by atoms with Crippen LogP contribution in [0.3, 0.4) is 0 Å². The highest BCUT2D eigenvalue weighted by molar-refractivity contribution is 5.13. The molecule has 1 fully saturated rings. The molecular formula is C13H24N2O. The van der Waals surface area contributed by atoms with E-state index >= 15 is 0 Å². The molecule has 16 heavy (non-hydrogen) atoms. The third kappa shape index (κ3) is 3.20. The first-order valence-corrected chi connectivity index (χ1v) is 6.53. The predicted molar refractivity (Wildman–Crippen MR) is 65.1 cm³/mol. The van der Waals surface area contributed by atoms with Crippen LogP contribution in [0.4, 0.5) is 0 Å². The van der Waals surface area contributed by atoms with Gasteiger partial charge in [-0.3, -0.25) is 5.32 Å². The van der Waals surface area contributed by atoms with Gasteiger partial charge in [0.05, 0.1) is 6.07 Å². The quantitative estimate of drug-likeness (QED) is 0.676. The number of nitrogens with zero attached hydrogens (tertiary/aromatic N) is 1. The molecular weight excluding hydrogens is 200 g/mol. The summed E-state index contributed by atoms with van der Waals surface area (Å²) in [5.74, 6) is 0.468. The normalized spacial score (nSPS) is 29.2. The molecule has 0 radical (unpaired) electrons. The summed E-state index contributed by atoms with van der Waals surface area (Å²) in [4.78, 5) is 0. The first-order valence-electron chi connectivity index (χ1n) is 6.53. The van der Waals surface area contributed by atoms with E-state index in [1.807, 2.05) is 6.92 Å². The van der Waals surface area contributed by atoms with Crippen molar-refractivity contribution in [2.24, 2.45) is 5.92 Å². The SMILES string of the molecule is CCCNC1(C#N)CCCC1CCOCC. The van der Waals surface area contributed by atoms with E-state index in [1.54, 1.807) is 0 Å². The molecule has 0 amide bonds. The monoisotopic (exact) mass is 224 g/mol. The number of nitrogens with one attached hydrogen (secondary N) is 1. The molecule has 3 nitrogen and oxygen atoms in total. The summed E-state index contributed by atoms with van der Waals surface area (Å²) in [7, 11) is 0. The van der Waals surface area contributed by atoms with Crippen LogP contribution in [0.1, 0.15) is 46.0 Å². The average molecular weight is 224 g/mol. The molecule has 2 unspecified atom stereocenters. The van der Waals surface area contributed by atoms with Crippen molar-refractivity contribution in [2.45, 2.75) is 51.5 Å². The standard InChI is InChI=1S/C13H24N2O/c1-3-9-15-13(11-14)8-5-6-12(13)7-10-16-4-2/h12,15H,3-10H2,1-2H3. The summed E-state index contributed by atoms with van der Waals surface area (Å²) < 4.78 is 5.40. The van der Waals surface area contributed by atoms with Crippen molar-refractivity contribution in [1.82, 2.24) is 5.32 Å². The van der Waals surface area contributed by atoms with Crippen LogP contribution in [0.5, 0.6) is 0 Å². The predicted octanol–water partition coefficient (Wildman–Crippen LogP) is 2.48. The highest BCUT2D eigenvalue weighted by Gasteiger charge is 2.42. The first kappa shape index (κ1) is 13.5. The Labute approximate surface area is 99.2 Å². The molecule has 1 aliphatic carbocycles. The maximum atomic E-state index is 9.42. The van der Waals surface area contributed by atoms with Gasteiger partial charge in [-0.2, -0.15) is 5.26 Å². The molecule has 1 aliphatic rings. The van der Waals surface area contributed by atoms with Crippen LogP contribution in [0.15, 0.2) is 0 Å². The minimum atomic E-state index is -0.271. The Morgan fingerprint density at radius 1 is 1.50 bits per heavy atom. The molecule has 0 aromatic rings. The van der Waals surface area contributed by atoms with E-state index in [9.17, 15) is 5.26 Å². The molecule has 0 spiro atoms. The lowest BCUT2D eigenvalue weighted by atomic mass is 9.86. The Kier molecular flexibility index (Phi) is 5.79. The van der Waals surface area contributed by atoms with E-state index in [-0.39, 0.29) is 5.54 Å². The van der Waals surface area contributed by atoms with Gasteiger partial charge in [-0.15, -0.1) is 0 Å². The Morgan fingerprint density at radius 2 is 2.31 bits per heavy atom. The van der Waals surface area contributed by atoms with E-state index in [0.29, 0.717) is 5.92 Å². The summed E-state index contributed by atoms with van der Waals surface area (Å²) in [5.41, 5.74) is -0.271. The molecule has 0 aliphatic heterocycles. The van der Waals surface area contributed by atoms with Gasteiger partial charge in [-0.25, -0.2) is 0 Å². The largest absolute Gasteiger partial charge is 0.382 e. The van der Waals surface area contributed by atoms with Crippen LogP contribution in [0, 0.1) is 17.2 Å². The molecule has 0 heterocycles. The van der Waals surface area contributed by atoms with Crippen LogP contribution >= 0.6 is 0 Å². The van der Waals surface area contributed by atoms with Crippen LogP contribution in [-0.4, -0.2) is 25.3 Å². The Balaban J connectivity index is 2.49. The molecule has 92 valence electrons. The third-order valence-corrected chi connectivity index (χ3v) is 3.53. The molecule has 0 aromatic carbocycles. The molecule has 0 bridgehead atoms. The summed E-state index contributed by atoms with van der Waals surface area (Å²) in [6, 6.07) is 2.52. The highest BCUT2D eigenvalue weighted by atomic mass is 16.5. The molecule has 1 saturated carbocycles. The fourth-order valence-corrected chi connectivity index (χ4v) is 2.61. The topological polar surface area (TPSA) is 45.0 Å². The molecule has 1 rings (SSSR count). The maximum absolute atomic E-state index is 9.42. The van der Waals surface area contributed by atoms with Gasteiger partial charge in [0.15, 0.2) is 0 Å². The number of hydrogen-bond acceptors (Lipinski definition) is 3. The van der Waals surface area contributed by atoms with Crippen molar-refractivity contribution in [3.63, 3.8) is 0 Å². The number of hydrogen-bond donors (Lipinski definition) is 1. The minimum Gasteiger partial charge on any atom is -0.382 e. The van der Waals surface area contributed by atoms with Crippen molar-refractivity contribution >= 4 is 0 Å². The molecule has 1 N–H and O–H groups in total. The summed E-state index contributed by atoms with van der Waals surface area (Å²) >= 11 is 0. The van der Waals surface area contributed by atoms with E-state index in [4.69, 9.17) is 4.74 Å². The summed E-state index contributed by atoms with van der Waals surface area (Å²) in [6.07, 6.45) is 5.43. The van der Waals surface area contributed by atoms with Gasteiger partial charge in [-0.05, 0) is 45.1 Å². The van der Waals surface area contributed by atoms with E-state index in [1.165, 1.54) is 6.42 Å². The molecule has 3 heteroatoms. The lowest BCUT2D eigenvalue weighted by Gasteiger charge is -2.29. The van der Waals surface area contributed by atoms with Crippen molar-refractivity contribution in [1.29, 1.82) is 5.26 Å². The lowest BCUT2D eigenvalue weighted by Crippen LogP contribution is -2.47. The second-order valence-electron chi connectivity index (χ2n) is 4.58. The zero-order chi connectivity index (χ0) is 11.9. The van der Waals surface area contributed by atoms with Crippen molar-refractivity contribution < 1.29 is 4.74 Å². The van der Waals surface area contributed by atoms with Crippen LogP contribution in [0.2, 0.25) is 0 Å². The van der Waals surface area contributed by atoms with E-state index < -0.39 is 0 Å². The number of rotatable bonds is 7. The summed E-state index contributed by atoms with van der Waals surface area (Å²) in [5, 5.41) is 12.9. The summed E-state index contributed by atoms with van der Waals surface area (Å²) in [6.45, 7) is 6.66. The van der Waals surface area contributed by atoms with E-state index in [0.717, 1.165) is 45.4 Å². The average Bonchev–Trinajstić information content (AvgIpc) is 2.71. The molecule has 0 saturated heterocycles. The third-order valence-electron chi connectivity index (χ3n) is 3.53. The van der Waals surface area contributed by atoms with Crippen LogP contribution in [-0.2, 0) is 4.74 Å². The molecule has 2 atom stereocenters. The van der Waals surface area contributed by atoms with Gasteiger partial charge < -0.3 is 4.74 Å². The maximum Gasteiger partial charge on any atom is 0.109 e. The highest BCUT2D eigenvalue weighted by Crippen LogP contribution is 2.37. The Morgan fingerprint density at radius 3 is 2.94 bits per heavy atom. The Hall–Kier alpha value is -0.590. The van der Waals surface area contributed by atoms with E-state index in [2.05, 4.69) is 18.3 Å². The zero-order valence-corrected chi connectivity index (χ0v) is 10.6. The van der Waals surface area contributed by atoms with Crippen molar-refractivity contribution in [2.75, 3.05) is 19.8 Å². The van der Waals surface area contributed by atoms with Gasteiger partial charge in [-0.1, -0.05) is 13.3 Å². The fourth-order valence-electron chi connectivity index (χ4n) is 2.61. The van der Waals surface area contributed by atoms with Crippen molar-refractivity contribution in [3.8, 4) is 6.07 Å². The lowest BCUT2D eigenvalue weighted by molar-refractivity contribution is 0.122. The van der Waals surface area contributed by atoms with Crippen molar-refractivity contribution in [3.05, 3.63) is 0 Å². The van der Waals surface area contributed by atoms with Crippen LogP contribution < -0.4 is 5.32 Å². The first-order chi connectivity index (χ1) is 7.79. The fraction of sp³-hybridized carbons (Fsp3) is 0.923. The smallest absolute Gasteiger partial charge is 0.109 e.